The zero-order valence-corrected chi connectivity index (χ0v) is 15.8. The number of anilines is 1. The molecule has 0 saturated carbocycles. The van der Waals surface area contributed by atoms with Crippen LogP contribution >= 0.6 is 33.9 Å². The number of aromatic nitrogens is 2. The Morgan fingerprint density at radius 1 is 1.12 bits per heavy atom. The fraction of sp³-hybridized carbons (Fsp3) is 0.235. The van der Waals surface area contributed by atoms with Gasteiger partial charge in [0.25, 0.3) is 5.91 Å². The second kappa shape index (κ2) is 6.64. The number of benzene rings is 1. The summed E-state index contributed by atoms with van der Waals surface area (Å²) in [6.07, 6.45) is 1.62. The van der Waals surface area contributed by atoms with Gasteiger partial charge >= 0.3 is 0 Å². The van der Waals surface area contributed by atoms with Gasteiger partial charge in [0.2, 0.25) is 0 Å². The number of halogens is 1. The standard InChI is InChI=1S/C17H15IN4OS/c18-13-3-1-2-12(10-13)17(23)22-7-5-21(6-8-22)15-14-4-9-24-16(14)20-11-19-15/h1-4,9-11H,5-8H2. The van der Waals surface area contributed by atoms with Crippen molar-refractivity contribution in [2.45, 2.75) is 0 Å². The lowest BCUT2D eigenvalue weighted by Crippen LogP contribution is -2.49. The van der Waals surface area contributed by atoms with Crippen LogP contribution in [0.3, 0.4) is 0 Å². The zero-order chi connectivity index (χ0) is 16.5. The number of rotatable bonds is 2. The van der Waals surface area contributed by atoms with Crippen LogP contribution in [0.2, 0.25) is 0 Å². The van der Waals surface area contributed by atoms with E-state index in [0.29, 0.717) is 13.1 Å². The molecule has 0 bridgehead atoms. The highest BCUT2D eigenvalue weighted by atomic mass is 127. The van der Waals surface area contributed by atoms with E-state index in [4.69, 9.17) is 0 Å². The van der Waals surface area contributed by atoms with Crippen molar-refractivity contribution < 1.29 is 4.79 Å². The van der Waals surface area contributed by atoms with Gasteiger partial charge in [-0.3, -0.25) is 4.79 Å². The third-order valence-electron chi connectivity index (χ3n) is 4.18. The fourth-order valence-corrected chi connectivity index (χ4v) is 4.22. The Kier molecular flexibility index (Phi) is 4.36. The van der Waals surface area contributed by atoms with Crippen molar-refractivity contribution in [1.82, 2.24) is 14.9 Å². The first-order valence-electron chi connectivity index (χ1n) is 7.70. The Labute approximate surface area is 157 Å². The Morgan fingerprint density at radius 2 is 1.96 bits per heavy atom. The average molecular weight is 450 g/mol. The lowest BCUT2D eigenvalue weighted by molar-refractivity contribution is 0.0746. The smallest absolute Gasteiger partial charge is 0.254 e. The summed E-state index contributed by atoms with van der Waals surface area (Å²) in [6.45, 7) is 3.00. The molecule has 2 aromatic heterocycles. The normalized spacial score (nSPS) is 15.0. The van der Waals surface area contributed by atoms with E-state index in [1.165, 1.54) is 0 Å². The van der Waals surface area contributed by atoms with E-state index in [9.17, 15) is 4.79 Å². The predicted octanol–water partition coefficient (Wildman–Crippen LogP) is 3.26. The first-order chi connectivity index (χ1) is 11.7. The number of piperazine rings is 1. The number of thiophene rings is 1. The molecule has 3 heterocycles. The summed E-state index contributed by atoms with van der Waals surface area (Å²) < 4.78 is 1.08. The molecular formula is C17H15IN4OS. The monoisotopic (exact) mass is 450 g/mol. The van der Waals surface area contributed by atoms with E-state index in [-0.39, 0.29) is 5.91 Å². The number of nitrogens with zero attached hydrogens (tertiary/aromatic N) is 4. The lowest BCUT2D eigenvalue weighted by atomic mass is 10.2. The highest BCUT2D eigenvalue weighted by Gasteiger charge is 2.24. The van der Waals surface area contributed by atoms with Gasteiger partial charge in [0.05, 0.1) is 5.39 Å². The minimum absolute atomic E-state index is 0.108. The summed E-state index contributed by atoms with van der Waals surface area (Å²) in [5.74, 6) is 1.08. The van der Waals surface area contributed by atoms with E-state index >= 15 is 0 Å². The molecule has 1 aliphatic heterocycles. The number of fused-ring (bicyclic) bond motifs is 1. The summed E-state index contributed by atoms with van der Waals surface area (Å²) in [5.41, 5.74) is 0.762. The zero-order valence-electron chi connectivity index (χ0n) is 12.9. The van der Waals surface area contributed by atoms with Crippen LogP contribution in [-0.4, -0.2) is 47.0 Å². The van der Waals surface area contributed by atoms with E-state index in [1.807, 2.05) is 34.5 Å². The summed E-state index contributed by atoms with van der Waals surface area (Å²) in [5, 5.41) is 3.14. The number of amides is 1. The quantitative estimate of drug-likeness (QED) is 0.563. The molecule has 1 fully saturated rings. The molecular weight excluding hydrogens is 435 g/mol. The maximum Gasteiger partial charge on any atom is 0.254 e. The molecule has 3 aromatic rings. The fourth-order valence-electron chi connectivity index (χ4n) is 2.95. The van der Waals surface area contributed by atoms with Crippen molar-refractivity contribution in [2.24, 2.45) is 0 Å². The Bertz CT molecular complexity index is 889. The molecule has 0 unspecified atom stereocenters. The molecule has 5 nitrogen and oxygen atoms in total. The Morgan fingerprint density at radius 3 is 2.75 bits per heavy atom. The van der Waals surface area contributed by atoms with Crippen LogP contribution in [0.25, 0.3) is 10.2 Å². The molecule has 0 atom stereocenters. The first kappa shape index (κ1) is 15.8. The van der Waals surface area contributed by atoms with Crippen LogP contribution in [0.1, 0.15) is 10.4 Å². The SMILES string of the molecule is O=C(c1cccc(I)c1)N1CCN(c2ncnc3sccc23)CC1. The van der Waals surface area contributed by atoms with Gasteiger partial charge < -0.3 is 9.80 Å². The molecule has 7 heteroatoms. The molecule has 24 heavy (non-hydrogen) atoms. The maximum absolute atomic E-state index is 12.6. The van der Waals surface area contributed by atoms with E-state index in [2.05, 4.69) is 43.5 Å². The van der Waals surface area contributed by atoms with Gasteiger partial charge in [-0.1, -0.05) is 6.07 Å². The van der Waals surface area contributed by atoms with Crippen LogP contribution < -0.4 is 4.90 Å². The van der Waals surface area contributed by atoms with Crippen molar-refractivity contribution in [3.63, 3.8) is 0 Å². The number of carbonyl (C=O) groups excluding carboxylic acids is 1. The van der Waals surface area contributed by atoms with Gasteiger partial charge in [-0.05, 0) is 52.2 Å². The minimum Gasteiger partial charge on any atom is -0.352 e. The van der Waals surface area contributed by atoms with Crippen LogP contribution in [0.15, 0.2) is 42.0 Å². The number of hydrogen-bond acceptors (Lipinski definition) is 5. The Balaban J connectivity index is 1.49. The van der Waals surface area contributed by atoms with Gasteiger partial charge in [0.1, 0.15) is 17.0 Å². The van der Waals surface area contributed by atoms with E-state index < -0.39 is 0 Å². The number of carbonyl (C=O) groups is 1. The molecule has 0 aliphatic carbocycles. The first-order valence-corrected chi connectivity index (χ1v) is 9.66. The van der Waals surface area contributed by atoms with Crippen LogP contribution in [0.5, 0.6) is 0 Å². The van der Waals surface area contributed by atoms with E-state index in [0.717, 1.165) is 38.3 Å². The molecule has 4 rings (SSSR count). The molecule has 0 spiro atoms. The summed E-state index contributed by atoms with van der Waals surface area (Å²) in [6, 6.07) is 9.82. The molecule has 0 N–H and O–H groups in total. The maximum atomic E-state index is 12.6. The van der Waals surface area contributed by atoms with Crippen LogP contribution in [0.4, 0.5) is 5.82 Å². The lowest BCUT2D eigenvalue weighted by Gasteiger charge is -2.35. The second-order valence-electron chi connectivity index (χ2n) is 5.63. The van der Waals surface area contributed by atoms with Crippen molar-refractivity contribution in [3.05, 3.63) is 51.2 Å². The third-order valence-corrected chi connectivity index (χ3v) is 5.67. The number of hydrogen-bond donors (Lipinski definition) is 0. The molecule has 122 valence electrons. The minimum atomic E-state index is 0.108. The topological polar surface area (TPSA) is 49.3 Å². The van der Waals surface area contributed by atoms with Gasteiger partial charge in [0, 0.05) is 35.3 Å². The van der Waals surface area contributed by atoms with E-state index in [1.54, 1.807) is 17.7 Å². The van der Waals surface area contributed by atoms with Crippen molar-refractivity contribution in [1.29, 1.82) is 0 Å². The van der Waals surface area contributed by atoms with Gasteiger partial charge in [-0.15, -0.1) is 11.3 Å². The van der Waals surface area contributed by atoms with Gasteiger partial charge in [-0.25, -0.2) is 9.97 Å². The molecule has 1 aromatic carbocycles. The molecule has 1 amide bonds. The van der Waals surface area contributed by atoms with Gasteiger partial charge in [0.15, 0.2) is 0 Å². The summed E-state index contributed by atoms with van der Waals surface area (Å²) in [4.78, 5) is 26.6. The largest absolute Gasteiger partial charge is 0.352 e. The van der Waals surface area contributed by atoms with Crippen LogP contribution in [0, 0.1) is 3.57 Å². The molecule has 0 radical (unpaired) electrons. The molecule has 1 saturated heterocycles. The van der Waals surface area contributed by atoms with Crippen LogP contribution in [-0.2, 0) is 0 Å². The summed E-state index contributed by atoms with van der Waals surface area (Å²) >= 11 is 3.86. The molecule has 1 aliphatic rings. The average Bonchev–Trinajstić information content (AvgIpc) is 3.10. The van der Waals surface area contributed by atoms with Crippen molar-refractivity contribution >= 4 is 55.9 Å². The highest BCUT2D eigenvalue weighted by molar-refractivity contribution is 14.1. The Hall–Kier alpha value is -1.74. The second-order valence-corrected chi connectivity index (χ2v) is 7.77. The third kappa shape index (κ3) is 2.98. The summed E-state index contributed by atoms with van der Waals surface area (Å²) in [7, 11) is 0. The van der Waals surface area contributed by atoms with Crippen molar-refractivity contribution in [2.75, 3.05) is 31.1 Å². The highest BCUT2D eigenvalue weighted by Crippen LogP contribution is 2.27. The van der Waals surface area contributed by atoms with Gasteiger partial charge in [-0.2, -0.15) is 0 Å². The van der Waals surface area contributed by atoms with Crippen molar-refractivity contribution in [3.8, 4) is 0 Å². The predicted molar refractivity (Wildman–Crippen MR) is 105 cm³/mol.